The van der Waals surface area contributed by atoms with Crippen molar-refractivity contribution in [3.63, 3.8) is 0 Å². The summed E-state index contributed by atoms with van der Waals surface area (Å²) >= 11 is 1.49. The predicted octanol–water partition coefficient (Wildman–Crippen LogP) is 4.49. The van der Waals surface area contributed by atoms with E-state index < -0.39 is 23.4 Å². The molecule has 1 aromatic rings. The average Bonchev–Trinajstić information content (AvgIpc) is 2.84. The maximum atomic E-state index is 12.4. The van der Waals surface area contributed by atoms with Gasteiger partial charge in [-0.3, -0.25) is 0 Å². The average molecular weight is 342 g/mol. The van der Waals surface area contributed by atoms with Crippen molar-refractivity contribution < 1.29 is 19.1 Å². The molecule has 0 aliphatic rings. The Kier molecular flexibility index (Phi) is 6.04. The van der Waals surface area contributed by atoms with Crippen LogP contribution in [0.15, 0.2) is 17.5 Å². The second-order valence-corrected chi connectivity index (χ2v) is 8.13. The van der Waals surface area contributed by atoms with Gasteiger partial charge >= 0.3 is 12.2 Å². The Bertz CT molecular complexity index is 529. The first-order valence-corrected chi connectivity index (χ1v) is 8.32. The number of nitrogens with zero attached hydrogens (tertiary/aromatic N) is 1. The van der Waals surface area contributed by atoms with Crippen LogP contribution in [0.3, 0.4) is 0 Å². The van der Waals surface area contributed by atoms with E-state index in [9.17, 15) is 9.59 Å². The lowest BCUT2D eigenvalue weighted by molar-refractivity contribution is -0.00769. The highest BCUT2D eigenvalue weighted by atomic mass is 32.1. The third kappa shape index (κ3) is 6.90. The normalized spacial score (nSPS) is 13.2. The smallest absolute Gasteiger partial charge is 0.429 e. The van der Waals surface area contributed by atoms with Crippen LogP contribution in [0.4, 0.5) is 9.59 Å². The molecule has 0 saturated carbocycles. The molecular weight excluding hydrogens is 316 g/mol. The molecule has 1 N–H and O–H groups in total. The van der Waals surface area contributed by atoms with Crippen LogP contribution in [0.2, 0.25) is 0 Å². The molecule has 0 aliphatic carbocycles. The van der Waals surface area contributed by atoms with E-state index in [1.807, 2.05) is 24.4 Å². The van der Waals surface area contributed by atoms with Crippen LogP contribution in [0.1, 0.15) is 59.4 Å². The summed E-state index contributed by atoms with van der Waals surface area (Å²) in [6.45, 7) is 12.4. The fraction of sp³-hybridized carbons (Fsp3) is 0.625. The quantitative estimate of drug-likeness (QED) is 0.804. The molecule has 23 heavy (non-hydrogen) atoms. The molecule has 1 aromatic heterocycles. The summed E-state index contributed by atoms with van der Waals surface area (Å²) in [6, 6.07) is 3.40. The van der Waals surface area contributed by atoms with Crippen LogP contribution in [0.5, 0.6) is 0 Å². The van der Waals surface area contributed by atoms with Gasteiger partial charge in [-0.15, -0.1) is 11.3 Å². The molecule has 1 heterocycles. The molecule has 7 heteroatoms. The van der Waals surface area contributed by atoms with Crippen molar-refractivity contribution in [2.75, 3.05) is 0 Å². The van der Waals surface area contributed by atoms with Crippen LogP contribution >= 0.6 is 11.3 Å². The summed E-state index contributed by atoms with van der Waals surface area (Å²) < 4.78 is 10.6. The van der Waals surface area contributed by atoms with E-state index in [1.54, 1.807) is 41.5 Å². The van der Waals surface area contributed by atoms with Gasteiger partial charge in [0.25, 0.3) is 0 Å². The molecule has 0 aliphatic heterocycles. The summed E-state index contributed by atoms with van der Waals surface area (Å²) in [5, 5.41) is 3.07. The molecular formula is C16H26N2O4S. The van der Waals surface area contributed by atoms with Crippen molar-refractivity contribution in [2.45, 2.75) is 65.7 Å². The molecule has 6 nitrogen and oxygen atoms in total. The Hall–Kier alpha value is -1.76. The zero-order chi connectivity index (χ0) is 17.8. The van der Waals surface area contributed by atoms with Gasteiger partial charge in [-0.1, -0.05) is 6.07 Å². The first kappa shape index (κ1) is 19.3. The highest BCUT2D eigenvalue weighted by Gasteiger charge is 2.30. The van der Waals surface area contributed by atoms with Crippen LogP contribution < -0.4 is 5.43 Å². The zero-order valence-corrected chi connectivity index (χ0v) is 15.6. The van der Waals surface area contributed by atoms with Crippen LogP contribution in [-0.4, -0.2) is 28.4 Å². The molecule has 130 valence electrons. The molecule has 1 atom stereocenters. The highest BCUT2D eigenvalue weighted by Crippen LogP contribution is 2.25. The van der Waals surface area contributed by atoms with E-state index >= 15 is 0 Å². The molecule has 0 bridgehead atoms. The number of rotatable bonds is 2. The van der Waals surface area contributed by atoms with Crippen molar-refractivity contribution >= 4 is 23.5 Å². The van der Waals surface area contributed by atoms with Gasteiger partial charge in [-0.05, 0) is 59.9 Å². The monoisotopic (exact) mass is 342 g/mol. The summed E-state index contributed by atoms with van der Waals surface area (Å²) in [4.78, 5) is 25.4. The second kappa shape index (κ2) is 7.21. The van der Waals surface area contributed by atoms with E-state index in [0.717, 1.165) is 9.89 Å². The molecule has 0 radical (unpaired) electrons. The van der Waals surface area contributed by atoms with Crippen LogP contribution in [-0.2, 0) is 9.47 Å². The Morgan fingerprint density at radius 3 is 2.13 bits per heavy atom. The minimum absolute atomic E-state index is 0.377. The van der Waals surface area contributed by atoms with Crippen molar-refractivity contribution in [2.24, 2.45) is 0 Å². The maximum Gasteiger partial charge on any atom is 0.429 e. The topological polar surface area (TPSA) is 67.9 Å². The number of ether oxygens (including phenoxy) is 2. The lowest BCUT2D eigenvalue weighted by Gasteiger charge is -2.32. The standard InChI is InChI=1S/C16H26N2O4S/c1-11(12-9-8-10-23-12)18(14(20)22-16(5,6)7)17-13(19)21-15(2,3)4/h8-11H,1-7H3,(H,17,19). The predicted molar refractivity (Wildman–Crippen MR) is 90.2 cm³/mol. The number of hydrogen-bond donors (Lipinski definition) is 1. The van der Waals surface area contributed by atoms with Crippen molar-refractivity contribution in [1.82, 2.24) is 10.4 Å². The van der Waals surface area contributed by atoms with Gasteiger partial charge < -0.3 is 9.47 Å². The van der Waals surface area contributed by atoms with Crippen LogP contribution in [0.25, 0.3) is 0 Å². The first-order chi connectivity index (χ1) is 10.4. The summed E-state index contributed by atoms with van der Waals surface area (Å²) in [5.74, 6) is 0. The third-order valence-electron chi connectivity index (χ3n) is 2.54. The Morgan fingerprint density at radius 2 is 1.70 bits per heavy atom. The van der Waals surface area contributed by atoms with E-state index in [-0.39, 0.29) is 6.04 Å². The highest BCUT2D eigenvalue weighted by molar-refractivity contribution is 7.10. The molecule has 0 fully saturated rings. The number of carbonyl (C=O) groups is 2. The van der Waals surface area contributed by atoms with E-state index in [1.165, 1.54) is 11.3 Å². The van der Waals surface area contributed by atoms with Crippen molar-refractivity contribution in [3.8, 4) is 0 Å². The molecule has 0 aromatic carbocycles. The molecule has 0 spiro atoms. The minimum Gasteiger partial charge on any atom is -0.443 e. The van der Waals surface area contributed by atoms with E-state index in [2.05, 4.69) is 5.43 Å². The zero-order valence-electron chi connectivity index (χ0n) is 14.8. The van der Waals surface area contributed by atoms with Gasteiger partial charge in [0.15, 0.2) is 0 Å². The summed E-state index contributed by atoms with van der Waals surface area (Å²) in [7, 11) is 0. The Balaban J connectivity index is 2.92. The van der Waals surface area contributed by atoms with Crippen molar-refractivity contribution in [3.05, 3.63) is 22.4 Å². The molecule has 1 rings (SSSR count). The number of amides is 2. The molecule has 1 unspecified atom stereocenters. The minimum atomic E-state index is -0.702. The van der Waals surface area contributed by atoms with Gasteiger partial charge in [0.1, 0.15) is 11.2 Å². The fourth-order valence-electron chi connectivity index (χ4n) is 1.67. The SMILES string of the molecule is CC(c1cccs1)N(NC(=O)OC(C)(C)C)C(=O)OC(C)(C)C. The van der Waals surface area contributed by atoms with Gasteiger partial charge in [0.2, 0.25) is 0 Å². The van der Waals surface area contributed by atoms with Gasteiger partial charge in [0.05, 0.1) is 6.04 Å². The summed E-state index contributed by atoms with van der Waals surface area (Å²) in [5.41, 5.74) is 1.16. The van der Waals surface area contributed by atoms with Crippen LogP contribution in [0, 0.1) is 0 Å². The number of nitrogens with one attached hydrogen (secondary N) is 1. The Labute approximate surface area is 141 Å². The molecule has 2 amide bonds. The third-order valence-corrected chi connectivity index (χ3v) is 3.59. The lowest BCUT2D eigenvalue weighted by atomic mass is 10.2. The number of hydrogen-bond acceptors (Lipinski definition) is 5. The largest absolute Gasteiger partial charge is 0.443 e. The maximum absolute atomic E-state index is 12.4. The van der Waals surface area contributed by atoms with E-state index in [4.69, 9.17) is 9.47 Å². The second-order valence-electron chi connectivity index (χ2n) is 7.16. The van der Waals surface area contributed by atoms with Gasteiger partial charge in [0, 0.05) is 4.88 Å². The molecule has 0 saturated heterocycles. The van der Waals surface area contributed by atoms with E-state index in [0.29, 0.717) is 0 Å². The van der Waals surface area contributed by atoms with Crippen molar-refractivity contribution in [1.29, 1.82) is 0 Å². The number of thiophene rings is 1. The number of hydrazine groups is 1. The first-order valence-electron chi connectivity index (χ1n) is 7.44. The number of carbonyl (C=O) groups excluding carboxylic acids is 2. The summed E-state index contributed by atoms with van der Waals surface area (Å²) in [6.07, 6.45) is -1.34. The lowest BCUT2D eigenvalue weighted by Crippen LogP contribution is -2.50. The van der Waals surface area contributed by atoms with Gasteiger partial charge in [-0.2, -0.15) is 0 Å². The van der Waals surface area contributed by atoms with Gasteiger partial charge in [-0.25, -0.2) is 20.0 Å². The Morgan fingerprint density at radius 1 is 1.13 bits per heavy atom. The fourth-order valence-corrected chi connectivity index (χ4v) is 2.44.